The molecule has 5 rings (SSSR count). The van der Waals surface area contributed by atoms with Gasteiger partial charge in [0.25, 0.3) is 10.2 Å². The Kier molecular flexibility index (Phi) is 6.65. The molecule has 2 aliphatic heterocycles. The van der Waals surface area contributed by atoms with Crippen molar-refractivity contribution in [2.45, 2.75) is 39.0 Å². The number of aryl methyl sites for hydroxylation is 2. The third-order valence-electron chi connectivity index (χ3n) is 7.27. The molecule has 1 fully saturated rings. The highest BCUT2D eigenvalue weighted by Gasteiger charge is 2.31. The molecule has 0 bridgehead atoms. The average Bonchev–Trinajstić information content (AvgIpc) is 3.28. The molecule has 3 aromatic rings. The molecule has 1 aromatic carbocycles. The molecule has 35 heavy (non-hydrogen) atoms. The van der Waals surface area contributed by atoms with E-state index in [1.807, 2.05) is 24.9 Å². The minimum atomic E-state index is -3.36. The number of aromatic nitrogens is 3. The third kappa shape index (κ3) is 4.60. The van der Waals surface area contributed by atoms with E-state index in [1.165, 1.54) is 16.7 Å². The second-order valence-corrected chi connectivity index (χ2v) is 11.4. The van der Waals surface area contributed by atoms with Crippen molar-refractivity contribution < 1.29 is 8.42 Å². The summed E-state index contributed by atoms with van der Waals surface area (Å²) in [5.41, 5.74) is 6.68. The van der Waals surface area contributed by atoms with Gasteiger partial charge in [0, 0.05) is 52.0 Å². The Morgan fingerprint density at radius 1 is 1.03 bits per heavy atom. The number of imidazole rings is 1. The first-order valence-electron chi connectivity index (χ1n) is 12.5. The van der Waals surface area contributed by atoms with Crippen LogP contribution in [-0.4, -0.2) is 64.8 Å². The maximum absolute atomic E-state index is 13.0. The van der Waals surface area contributed by atoms with Crippen molar-refractivity contribution in [3.8, 4) is 0 Å². The van der Waals surface area contributed by atoms with Crippen LogP contribution < -0.4 is 4.90 Å². The SMILES string of the molecule is CCc1cc(C2=CCN(S(=O)(=O)N3CCCCC3)CC2)ccc1N(C)c1cc2c(cn1)ncn2C. The van der Waals surface area contributed by atoms with Gasteiger partial charge in [0.15, 0.2) is 0 Å². The summed E-state index contributed by atoms with van der Waals surface area (Å²) in [5.74, 6) is 0.874. The summed E-state index contributed by atoms with van der Waals surface area (Å²) in [6, 6.07) is 8.61. The van der Waals surface area contributed by atoms with Crippen molar-refractivity contribution in [3.63, 3.8) is 0 Å². The Morgan fingerprint density at radius 3 is 2.54 bits per heavy atom. The van der Waals surface area contributed by atoms with Gasteiger partial charge in [-0.25, -0.2) is 9.97 Å². The molecule has 0 atom stereocenters. The zero-order valence-electron chi connectivity index (χ0n) is 20.8. The number of benzene rings is 1. The Labute approximate surface area is 208 Å². The summed E-state index contributed by atoms with van der Waals surface area (Å²) in [6.45, 7) is 4.42. The van der Waals surface area contributed by atoms with Crippen LogP contribution in [0.5, 0.6) is 0 Å². The number of pyridine rings is 1. The largest absolute Gasteiger partial charge is 0.334 e. The normalized spacial score (nSPS) is 18.1. The lowest BCUT2D eigenvalue weighted by Gasteiger charge is -2.33. The Hall–Kier alpha value is -2.75. The fraction of sp³-hybridized carbons (Fsp3) is 0.462. The van der Waals surface area contributed by atoms with E-state index in [0.717, 1.165) is 54.6 Å². The minimum Gasteiger partial charge on any atom is -0.334 e. The molecular formula is C26H34N6O2S. The van der Waals surface area contributed by atoms with E-state index in [2.05, 4.69) is 52.1 Å². The van der Waals surface area contributed by atoms with E-state index in [0.29, 0.717) is 26.2 Å². The number of fused-ring (bicyclic) bond motifs is 1. The summed E-state index contributed by atoms with van der Waals surface area (Å²) < 4.78 is 31.4. The molecular weight excluding hydrogens is 460 g/mol. The van der Waals surface area contributed by atoms with Gasteiger partial charge in [-0.3, -0.25) is 0 Å². The highest BCUT2D eigenvalue weighted by atomic mass is 32.2. The second-order valence-electron chi connectivity index (χ2n) is 9.45. The first-order chi connectivity index (χ1) is 16.9. The van der Waals surface area contributed by atoms with Crippen molar-refractivity contribution in [1.82, 2.24) is 23.1 Å². The maximum atomic E-state index is 13.0. The number of hydrogen-bond acceptors (Lipinski definition) is 5. The van der Waals surface area contributed by atoms with Crippen molar-refractivity contribution in [3.05, 3.63) is 54.0 Å². The van der Waals surface area contributed by atoms with Crippen LogP contribution in [0.15, 0.2) is 42.9 Å². The lowest BCUT2D eigenvalue weighted by atomic mass is 9.96. The average molecular weight is 495 g/mol. The molecule has 0 unspecified atom stereocenters. The van der Waals surface area contributed by atoms with Gasteiger partial charge in [-0.15, -0.1) is 0 Å². The van der Waals surface area contributed by atoms with Gasteiger partial charge in [0.1, 0.15) is 11.3 Å². The lowest BCUT2D eigenvalue weighted by Crippen LogP contribution is -2.47. The predicted molar refractivity (Wildman–Crippen MR) is 141 cm³/mol. The van der Waals surface area contributed by atoms with Crippen LogP contribution in [0.3, 0.4) is 0 Å². The number of hydrogen-bond donors (Lipinski definition) is 0. The highest BCUT2D eigenvalue weighted by molar-refractivity contribution is 7.86. The predicted octanol–water partition coefficient (Wildman–Crippen LogP) is 4.12. The van der Waals surface area contributed by atoms with E-state index in [4.69, 9.17) is 0 Å². The number of nitrogens with zero attached hydrogens (tertiary/aromatic N) is 6. The summed E-state index contributed by atoms with van der Waals surface area (Å²) in [6.07, 6.45) is 10.4. The fourth-order valence-corrected chi connectivity index (χ4v) is 6.73. The van der Waals surface area contributed by atoms with Crippen LogP contribution in [0.2, 0.25) is 0 Å². The molecule has 0 radical (unpaired) electrons. The van der Waals surface area contributed by atoms with Gasteiger partial charge in [0.05, 0.1) is 18.0 Å². The summed E-state index contributed by atoms with van der Waals surface area (Å²) in [7, 11) is 0.667. The molecule has 8 nitrogen and oxygen atoms in total. The van der Waals surface area contributed by atoms with E-state index in [1.54, 1.807) is 14.9 Å². The molecule has 0 saturated carbocycles. The lowest BCUT2D eigenvalue weighted by molar-refractivity contribution is 0.309. The van der Waals surface area contributed by atoms with Crippen molar-refractivity contribution >= 4 is 38.3 Å². The Balaban J connectivity index is 1.36. The van der Waals surface area contributed by atoms with E-state index in [9.17, 15) is 8.42 Å². The molecule has 4 heterocycles. The molecule has 0 spiro atoms. The van der Waals surface area contributed by atoms with Gasteiger partial charge in [-0.05, 0) is 54.5 Å². The van der Waals surface area contributed by atoms with Crippen LogP contribution in [0.1, 0.15) is 43.7 Å². The smallest absolute Gasteiger partial charge is 0.282 e. The zero-order chi connectivity index (χ0) is 24.6. The molecule has 2 aliphatic rings. The third-order valence-corrected chi connectivity index (χ3v) is 9.27. The first-order valence-corrected chi connectivity index (χ1v) is 13.9. The molecule has 1 saturated heterocycles. The van der Waals surface area contributed by atoms with Crippen molar-refractivity contribution in [1.29, 1.82) is 0 Å². The van der Waals surface area contributed by atoms with Crippen molar-refractivity contribution in [2.24, 2.45) is 7.05 Å². The van der Waals surface area contributed by atoms with Gasteiger partial charge >= 0.3 is 0 Å². The maximum Gasteiger partial charge on any atom is 0.282 e. The van der Waals surface area contributed by atoms with Crippen LogP contribution in [-0.2, 0) is 23.7 Å². The zero-order valence-corrected chi connectivity index (χ0v) is 21.6. The number of rotatable bonds is 6. The van der Waals surface area contributed by atoms with Crippen LogP contribution in [0.4, 0.5) is 11.5 Å². The van der Waals surface area contributed by atoms with Crippen LogP contribution in [0.25, 0.3) is 16.6 Å². The summed E-state index contributed by atoms with van der Waals surface area (Å²) in [5, 5.41) is 0. The Bertz CT molecular complexity index is 1360. The molecule has 0 amide bonds. The molecule has 186 valence electrons. The van der Waals surface area contributed by atoms with Gasteiger partial charge < -0.3 is 9.47 Å². The highest BCUT2D eigenvalue weighted by Crippen LogP contribution is 2.32. The second kappa shape index (κ2) is 9.72. The monoisotopic (exact) mass is 494 g/mol. The van der Waals surface area contributed by atoms with E-state index in [-0.39, 0.29) is 0 Å². The molecule has 0 N–H and O–H groups in total. The Morgan fingerprint density at radius 2 is 1.83 bits per heavy atom. The van der Waals surface area contributed by atoms with Gasteiger partial charge in [-0.1, -0.05) is 25.5 Å². The summed E-state index contributed by atoms with van der Waals surface area (Å²) >= 11 is 0. The minimum absolute atomic E-state index is 0.436. The van der Waals surface area contributed by atoms with E-state index < -0.39 is 10.2 Å². The fourth-order valence-electron chi connectivity index (χ4n) is 5.10. The van der Waals surface area contributed by atoms with Crippen LogP contribution in [0, 0.1) is 0 Å². The van der Waals surface area contributed by atoms with Gasteiger partial charge in [0.2, 0.25) is 0 Å². The molecule has 2 aromatic heterocycles. The topological polar surface area (TPSA) is 74.6 Å². The molecule has 0 aliphatic carbocycles. The molecule has 9 heteroatoms. The van der Waals surface area contributed by atoms with E-state index >= 15 is 0 Å². The quantitative estimate of drug-likeness (QED) is 0.515. The van der Waals surface area contributed by atoms with Gasteiger partial charge in [-0.2, -0.15) is 17.0 Å². The standard InChI is InChI=1S/C26H34N6O2S/c1-4-20-16-22(21-10-14-32(15-11-21)35(33,34)31-12-6-5-7-13-31)8-9-24(20)30(3)26-17-25-23(18-27-26)28-19-29(25)2/h8-10,16-19H,4-7,11-15H2,1-3H3. The number of piperidine rings is 1. The first kappa shape index (κ1) is 24.0. The van der Waals surface area contributed by atoms with Crippen LogP contribution >= 0.6 is 0 Å². The number of anilines is 2. The van der Waals surface area contributed by atoms with Crippen molar-refractivity contribution in [2.75, 3.05) is 38.1 Å². The summed E-state index contributed by atoms with van der Waals surface area (Å²) in [4.78, 5) is 11.1.